The summed E-state index contributed by atoms with van der Waals surface area (Å²) in [5.74, 6) is -0.0850. The van der Waals surface area contributed by atoms with Crippen LogP contribution in [0.15, 0.2) is 72.8 Å². The molecule has 5 rings (SSSR count). The van der Waals surface area contributed by atoms with Gasteiger partial charge in [-0.25, -0.2) is 0 Å². The van der Waals surface area contributed by atoms with Gasteiger partial charge in [0.25, 0.3) is 0 Å². The second-order valence-electron chi connectivity index (χ2n) is 10.9. The maximum atomic E-state index is 12.6. The number of likely N-dealkylation sites (tertiary alicyclic amines) is 1. The van der Waals surface area contributed by atoms with Crippen LogP contribution in [0, 0.1) is 19.8 Å². The molecule has 1 unspecified atom stereocenters. The summed E-state index contributed by atoms with van der Waals surface area (Å²) in [7, 11) is 2.03. The van der Waals surface area contributed by atoms with Crippen molar-refractivity contribution < 1.29 is 9.53 Å². The van der Waals surface area contributed by atoms with E-state index in [4.69, 9.17) is 4.74 Å². The molecule has 1 saturated carbocycles. The van der Waals surface area contributed by atoms with Crippen LogP contribution in [0.2, 0.25) is 0 Å². The fourth-order valence-corrected chi connectivity index (χ4v) is 5.06. The lowest BCUT2D eigenvalue weighted by molar-refractivity contribution is -0.154. The maximum Gasteiger partial charge on any atom is 0.311 e. The number of esters is 1. The van der Waals surface area contributed by atoms with E-state index in [0.29, 0.717) is 12.6 Å². The molecule has 1 saturated heterocycles. The lowest BCUT2D eigenvalue weighted by Crippen LogP contribution is -2.49. The van der Waals surface area contributed by atoms with E-state index >= 15 is 0 Å². The monoisotopic (exact) mass is 497 g/mol. The topological polar surface area (TPSA) is 44.8 Å². The molecule has 2 fully saturated rings. The van der Waals surface area contributed by atoms with Gasteiger partial charge in [0.2, 0.25) is 0 Å². The van der Waals surface area contributed by atoms with Crippen molar-refractivity contribution in [1.82, 2.24) is 4.90 Å². The highest BCUT2D eigenvalue weighted by Crippen LogP contribution is 2.37. The number of hydrogen-bond acceptors (Lipinski definition) is 5. The van der Waals surface area contributed by atoms with Crippen molar-refractivity contribution >= 4 is 17.3 Å². The first-order valence-electron chi connectivity index (χ1n) is 13.5. The first-order chi connectivity index (χ1) is 17.9. The maximum absolute atomic E-state index is 12.6. The predicted octanol–water partition coefficient (Wildman–Crippen LogP) is 5.60. The van der Waals surface area contributed by atoms with Gasteiger partial charge in [-0.05, 0) is 63.4 Å². The van der Waals surface area contributed by atoms with Crippen molar-refractivity contribution in [2.24, 2.45) is 5.92 Å². The third-order valence-electron chi connectivity index (χ3n) is 7.46. The second-order valence-corrected chi connectivity index (χ2v) is 10.9. The molecule has 37 heavy (non-hydrogen) atoms. The summed E-state index contributed by atoms with van der Waals surface area (Å²) in [5, 5.41) is 3.78. The Hall–Kier alpha value is -3.31. The average molecular weight is 498 g/mol. The molecule has 1 aliphatic carbocycles. The molecule has 1 heterocycles. The number of para-hydroxylation sites is 2. The Balaban J connectivity index is 1.34. The summed E-state index contributed by atoms with van der Waals surface area (Å²) >= 11 is 0. The number of nitrogens with zero attached hydrogens (tertiary/aromatic N) is 2. The van der Waals surface area contributed by atoms with Crippen molar-refractivity contribution in [2.75, 3.05) is 37.0 Å². The molecule has 3 aromatic carbocycles. The van der Waals surface area contributed by atoms with Gasteiger partial charge in [0, 0.05) is 25.7 Å². The van der Waals surface area contributed by atoms with E-state index in [0.717, 1.165) is 31.7 Å². The van der Waals surface area contributed by atoms with Gasteiger partial charge in [-0.2, -0.15) is 0 Å². The molecule has 0 spiro atoms. The molecular weight excluding hydrogens is 458 g/mol. The summed E-state index contributed by atoms with van der Waals surface area (Å²) in [4.78, 5) is 17.3. The van der Waals surface area contributed by atoms with E-state index in [1.165, 1.54) is 40.8 Å². The van der Waals surface area contributed by atoms with E-state index in [1.54, 1.807) is 0 Å². The first-order valence-corrected chi connectivity index (χ1v) is 13.5. The smallest absolute Gasteiger partial charge is 0.311 e. The minimum Gasteiger partial charge on any atom is -0.463 e. The van der Waals surface area contributed by atoms with Crippen LogP contribution in [-0.2, 0) is 22.5 Å². The average Bonchev–Trinajstić information content (AvgIpc) is 3.72. The summed E-state index contributed by atoms with van der Waals surface area (Å²) in [6.07, 6.45) is 3.23. The van der Waals surface area contributed by atoms with E-state index < -0.39 is 0 Å². The summed E-state index contributed by atoms with van der Waals surface area (Å²) in [6.45, 7) is 7.04. The van der Waals surface area contributed by atoms with Crippen LogP contribution < -0.4 is 10.2 Å². The summed E-state index contributed by atoms with van der Waals surface area (Å²) < 4.78 is 5.85. The van der Waals surface area contributed by atoms with E-state index in [2.05, 4.69) is 102 Å². The fourth-order valence-electron chi connectivity index (χ4n) is 5.06. The second kappa shape index (κ2) is 11.4. The van der Waals surface area contributed by atoms with E-state index in [9.17, 15) is 4.79 Å². The number of hydrogen-bond donors (Lipinski definition) is 1. The molecule has 5 nitrogen and oxygen atoms in total. The van der Waals surface area contributed by atoms with Crippen LogP contribution in [0.5, 0.6) is 0 Å². The Bertz CT molecular complexity index is 1180. The number of ether oxygens (including phenoxy) is 1. The van der Waals surface area contributed by atoms with Crippen LogP contribution in [0.25, 0.3) is 0 Å². The van der Waals surface area contributed by atoms with E-state index in [-0.39, 0.29) is 17.9 Å². The van der Waals surface area contributed by atoms with Crippen molar-refractivity contribution in [2.45, 2.75) is 51.7 Å². The number of nitrogens with one attached hydrogen (secondary N) is 1. The largest absolute Gasteiger partial charge is 0.463 e. The van der Waals surface area contributed by atoms with Gasteiger partial charge in [0.05, 0.1) is 23.3 Å². The van der Waals surface area contributed by atoms with Gasteiger partial charge < -0.3 is 19.9 Å². The molecule has 194 valence electrons. The van der Waals surface area contributed by atoms with Crippen molar-refractivity contribution in [3.8, 4) is 0 Å². The van der Waals surface area contributed by atoms with Crippen molar-refractivity contribution in [1.29, 1.82) is 0 Å². The molecule has 3 aromatic rings. The molecule has 0 aromatic heterocycles. The molecule has 1 N–H and O–H groups in total. The lowest BCUT2D eigenvalue weighted by Gasteiger charge is -2.34. The normalized spacial score (nSPS) is 16.6. The highest BCUT2D eigenvalue weighted by molar-refractivity contribution is 5.74. The zero-order chi connectivity index (χ0) is 25.8. The quantitative estimate of drug-likeness (QED) is 0.349. The highest BCUT2D eigenvalue weighted by Gasteiger charge is 2.33. The Morgan fingerprint density at radius 2 is 1.57 bits per heavy atom. The van der Waals surface area contributed by atoms with Gasteiger partial charge >= 0.3 is 5.97 Å². The molecule has 2 aliphatic rings. The Morgan fingerprint density at radius 1 is 0.946 bits per heavy atom. The van der Waals surface area contributed by atoms with Crippen LogP contribution in [0.3, 0.4) is 0 Å². The lowest BCUT2D eigenvalue weighted by atomic mass is 10.0. The Morgan fingerprint density at radius 3 is 2.19 bits per heavy atom. The fraction of sp³-hybridized carbons (Fsp3) is 0.406. The number of carbonyl (C=O) groups is 1. The Labute approximate surface area is 221 Å². The van der Waals surface area contributed by atoms with Gasteiger partial charge in [0.1, 0.15) is 6.61 Å². The molecule has 1 atom stereocenters. The first kappa shape index (κ1) is 25.3. The standard InChI is InChI=1S/C32H39N3O2/c1-23-8-12-25(13-9-23)18-28(22-37-32(36)27-20-34(3)21-27)33-30-6-4-5-7-31(30)35(29-16-17-29)19-26-14-10-24(2)11-15-26/h4-15,27-29,33H,16-22H2,1-3H3. The summed E-state index contributed by atoms with van der Waals surface area (Å²) in [6, 6.07) is 26.6. The highest BCUT2D eigenvalue weighted by atomic mass is 16.5. The minimum absolute atomic E-state index is 0.00261. The number of benzene rings is 3. The van der Waals surface area contributed by atoms with Crippen molar-refractivity contribution in [3.05, 3.63) is 95.1 Å². The SMILES string of the molecule is Cc1ccc(CC(COC(=O)C2CN(C)C2)Nc2ccccc2N(Cc2ccc(C)cc2)C2CC2)cc1. The molecule has 1 aliphatic heterocycles. The third kappa shape index (κ3) is 6.72. The predicted molar refractivity (Wildman–Crippen MR) is 151 cm³/mol. The number of anilines is 2. The Kier molecular flexibility index (Phi) is 7.80. The zero-order valence-corrected chi connectivity index (χ0v) is 22.3. The summed E-state index contributed by atoms with van der Waals surface area (Å²) in [5.41, 5.74) is 7.40. The van der Waals surface area contributed by atoms with Crippen LogP contribution in [0.1, 0.15) is 35.1 Å². The van der Waals surface area contributed by atoms with Gasteiger partial charge in [-0.1, -0.05) is 71.8 Å². The molecule has 5 heteroatoms. The van der Waals surface area contributed by atoms with E-state index in [1.807, 2.05) is 7.05 Å². The number of rotatable bonds is 11. The van der Waals surface area contributed by atoms with Gasteiger partial charge in [-0.3, -0.25) is 4.79 Å². The molecule has 0 radical (unpaired) electrons. The zero-order valence-electron chi connectivity index (χ0n) is 22.3. The van der Waals surface area contributed by atoms with Gasteiger partial charge in [0.15, 0.2) is 0 Å². The number of carbonyl (C=O) groups excluding carboxylic acids is 1. The molecule has 0 amide bonds. The number of aryl methyl sites for hydroxylation is 2. The third-order valence-corrected chi connectivity index (χ3v) is 7.46. The molecular formula is C32H39N3O2. The van der Waals surface area contributed by atoms with Gasteiger partial charge in [-0.15, -0.1) is 0 Å². The van der Waals surface area contributed by atoms with Crippen LogP contribution >= 0.6 is 0 Å². The van der Waals surface area contributed by atoms with Crippen molar-refractivity contribution in [3.63, 3.8) is 0 Å². The minimum atomic E-state index is -0.0823. The van der Waals surface area contributed by atoms with Crippen LogP contribution in [-0.4, -0.2) is 49.7 Å². The van der Waals surface area contributed by atoms with Crippen LogP contribution in [0.4, 0.5) is 11.4 Å². The molecule has 0 bridgehead atoms.